The number of aromatic nitrogens is 3. The highest BCUT2D eigenvalue weighted by Crippen LogP contribution is 2.49. The van der Waals surface area contributed by atoms with Gasteiger partial charge in [-0.3, -0.25) is 4.79 Å². The lowest BCUT2D eigenvalue weighted by atomic mass is 10.1. The van der Waals surface area contributed by atoms with Gasteiger partial charge < -0.3 is 10.1 Å². The number of nitrogens with zero attached hydrogens (tertiary/aromatic N) is 3. The van der Waals surface area contributed by atoms with E-state index >= 15 is 0 Å². The number of rotatable bonds is 3. The number of carbonyl (C=O) groups excluding carboxylic acids is 2. The van der Waals surface area contributed by atoms with E-state index in [0.717, 1.165) is 0 Å². The number of nitrogens with one attached hydrogen (secondary N) is 1. The van der Waals surface area contributed by atoms with E-state index in [4.69, 9.17) is 16.3 Å². The van der Waals surface area contributed by atoms with Crippen LogP contribution in [0.15, 0.2) is 12.3 Å². The highest BCUT2D eigenvalue weighted by atomic mass is 35.5. The number of carbonyl (C=O) groups is 2. The van der Waals surface area contributed by atoms with Gasteiger partial charge in [0.2, 0.25) is 0 Å². The second-order valence-corrected chi connectivity index (χ2v) is 7.06. The summed E-state index contributed by atoms with van der Waals surface area (Å²) in [6, 6.07) is 1.62. The lowest BCUT2D eigenvalue weighted by molar-refractivity contribution is 0.0716. The molecule has 0 aromatic carbocycles. The first kappa shape index (κ1) is 15.7. The van der Waals surface area contributed by atoms with Crippen molar-refractivity contribution in [2.75, 3.05) is 0 Å². The number of fused-ring (bicyclic) bond motifs is 1. The standard InChI is InChI=1S/C15H17ClN4O3/c1-14(2,3)19-13(22)23-15(4-5-15)10-6-11(16)18-12-9(8-21)7-17-20(10)12/h6-8H,4-5H2,1-3H3,(H,19,22). The summed E-state index contributed by atoms with van der Waals surface area (Å²) >= 11 is 6.06. The third-order valence-corrected chi connectivity index (χ3v) is 3.72. The number of ether oxygens (including phenoxy) is 1. The second-order valence-electron chi connectivity index (χ2n) is 6.68. The Labute approximate surface area is 138 Å². The van der Waals surface area contributed by atoms with Crippen molar-refractivity contribution in [1.29, 1.82) is 0 Å². The minimum Gasteiger partial charge on any atom is -0.436 e. The first-order valence-electron chi connectivity index (χ1n) is 7.25. The fraction of sp³-hybridized carbons (Fsp3) is 0.467. The quantitative estimate of drug-likeness (QED) is 0.688. The molecule has 0 aliphatic heterocycles. The molecule has 0 atom stereocenters. The molecule has 122 valence electrons. The number of aldehydes is 1. The molecule has 3 rings (SSSR count). The third kappa shape index (κ3) is 3.01. The van der Waals surface area contributed by atoms with Crippen LogP contribution in [0.4, 0.5) is 4.79 Å². The molecule has 1 saturated carbocycles. The Balaban J connectivity index is 1.98. The lowest BCUT2D eigenvalue weighted by Crippen LogP contribution is -2.42. The van der Waals surface area contributed by atoms with Crippen LogP contribution >= 0.6 is 11.6 Å². The summed E-state index contributed by atoms with van der Waals surface area (Å²) in [5, 5.41) is 7.16. The predicted octanol–water partition coefficient (Wildman–Crippen LogP) is 2.71. The summed E-state index contributed by atoms with van der Waals surface area (Å²) in [6.45, 7) is 5.62. The van der Waals surface area contributed by atoms with Crippen molar-refractivity contribution in [3.8, 4) is 0 Å². The number of hydrogen-bond donors (Lipinski definition) is 1. The molecule has 1 aliphatic rings. The largest absolute Gasteiger partial charge is 0.436 e. The summed E-state index contributed by atoms with van der Waals surface area (Å²) < 4.78 is 7.14. The molecule has 0 unspecified atom stereocenters. The first-order valence-corrected chi connectivity index (χ1v) is 7.63. The Morgan fingerprint density at radius 1 is 1.48 bits per heavy atom. The van der Waals surface area contributed by atoms with Crippen LogP contribution in [0, 0.1) is 0 Å². The van der Waals surface area contributed by atoms with E-state index in [1.165, 1.54) is 10.7 Å². The van der Waals surface area contributed by atoms with Gasteiger partial charge in [-0.2, -0.15) is 5.10 Å². The number of amides is 1. The van der Waals surface area contributed by atoms with E-state index < -0.39 is 17.2 Å². The van der Waals surface area contributed by atoms with E-state index in [2.05, 4.69) is 15.4 Å². The molecule has 1 N–H and O–H groups in total. The van der Waals surface area contributed by atoms with Crippen molar-refractivity contribution >= 4 is 29.6 Å². The van der Waals surface area contributed by atoms with Gasteiger partial charge in [-0.15, -0.1) is 0 Å². The average Bonchev–Trinajstić information content (AvgIpc) is 3.08. The molecule has 0 bridgehead atoms. The molecule has 0 spiro atoms. The molecule has 23 heavy (non-hydrogen) atoms. The Morgan fingerprint density at radius 3 is 2.74 bits per heavy atom. The molecule has 8 heteroatoms. The SMILES string of the molecule is CC(C)(C)NC(=O)OC1(c2cc(Cl)nc3c(C=O)cnn23)CC1. The highest BCUT2D eigenvalue weighted by Gasteiger charge is 2.51. The van der Waals surface area contributed by atoms with Crippen LogP contribution < -0.4 is 5.32 Å². The summed E-state index contributed by atoms with van der Waals surface area (Å²) in [5.41, 5.74) is 0.128. The molecule has 2 aromatic heterocycles. The van der Waals surface area contributed by atoms with Gasteiger partial charge in [0.15, 0.2) is 17.5 Å². The molecule has 2 aromatic rings. The van der Waals surface area contributed by atoms with E-state index in [0.29, 0.717) is 36.0 Å². The van der Waals surface area contributed by atoms with E-state index in [1.54, 1.807) is 6.07 Å². The molecular weight excluding hydrogens is 320 g/mol. The van der Waals surface area contributed by atoms with Crippen LogP contribution in [0.25, 0.3) is 5.65 Å². The van der Waals surface area contributed by atoms with Crippen LogP contribution in [-0.4, -0.2) is 32.5 Å². The normalized spacial score (nSPS) is 16.2. The fourth-order valence-electron chi connectivity index (χ4n) is 2.39. The maximum Gasteiger partial charge on any atom is 0.408 e. The Kier molecular flexibility index (Phi) is 3.55. The van der Waals surface area contributed by atoms with Crippen LogP contribution in [0.2, 0.25) is 5.15 Å². The van der Waals surface area contributed by atoms with Gasteiger partial charge in [-0.25, -0.2) is 14.3 Å². The molecule has 1 amide bonds. The molecular formula is C15H17ClN4O3. The average molecular weight is 337 g/mol. The van der Waals surface area contributed by atoms with Crippen LogP contribution in [0.5, 0.6) is 0 Å². The van der Waals surface area contributed by atoms with Gasteiger partial charge >= 0.3 is 6.09 Å². The molecule has 2 heterocycles. The minimum absolute atomic E-state index is 0.224. The number of alkyl carbamates (subject to hydrolysis) is 1. The van der Waals surface area contributed by atoms with Gasteiger partial charge in [-0.1, -0.05) is 11.6 Å². The monoisotopic (exact) mass is 336 g/mol. The second kappa shape index (κ2) is 5.19. The van der Waals surface area contributed by atoms with Gasteiger partial charge in [0.25, 0.3) is 0 Å². The van der Waals surface area contributed by atoms with Crippen molar-refractivity contribution in [3.63, 3.8) is 0 Å². The zero-order valence-electron chi connectivity index (χ0n) is 13.1. The third-order valence-electron chi connectivity index (χ3n) is 3.53. The van der Waals surface area contributed by atoms with Crippen LogP contribution in [0.1, 0.15) is 49.7 Å². The maximum atomic E-state index is 12.1. The molecule has 0 radical (unpaired) electrons. The smallest absolute Gasteiger partial charge is 0.408 e. The van der Waals surface area contributed by atoms with Gasteiger partial charge in [0.05, 0.1) is 17.5 Å². The summed E-state index contributed by atoms with van der Waals surface area (Å²) in [4.78, 5) is 27.3. The molecule has 1 aliphatic carbocycles. The van der Waals surface area contributed by atoms with Gasteiger partial charge in [0.1, 0.15) is 5.15 Å². The van der Waals surface area contributed by atoms with Crippen LogP contribution in [-0.2, 0) is 10.3 Å². The fourth-order valence-corrected chi connectivity index (χ4v) is 2.57. The van der Waals surface area contributed by atoms with E-state index in [9.17, 15) is 9.59 Å². The van der Waals surface area contributed by atoms with Crippen molar-refractivity contribution in [3.05, 3.63) is 28.7 Å². The molecule has 0 saturated heterocycles. The Morgan fingerprint density at radius 2 is 2.17 bits per heavy atom. The van der Waals surface area contributed by atoms with Crippen molar-refractivity contribution in [1.82, 2.24) is 19.9 Å². The van der Waals surface area contributed by atoms with Crippen molar-refractivity contribution < 1.29 is 14.3 Å². The molecule has 7 nitrogen and oxygen atoms in total. The molecule has 1 fully saturated rings. The summed E-state index contributed by atoms with van der Waals surface area (Å²) in [5.74, 6) is 0. The topological polar surface area (TPSA) is 85.6 Å². The van der Waals surface area contributed by atoms with E-state index in [1.807, 2.05) is 20.8 Å². The first-order chi connectivity index (χ1) is 10.7. The maximum absolute atomic E-state index is 12.1. The summed E-state index contributed by atoms with van der Waals surface area (Å²) in [7, 11) is 0. The predicted molar refractivity (Wildman–Crippen MR) is 83.7 cm³/mol. The number of hydrogen-bond acceptors (Lipinski definition) is 5. The lowest BCUT2D eigenvalue weighted by Gasteiger charge is -2.24. The van der Waals surface area contributed by atoms with Crippen molar-refractivity contribution in [2.45, 2.75) is 44.8 Å². The Bertz CT molecular complexity index is 790. The summed E-state index contributed by atoms with van der Waals surface area (Å²) in [6.07, 6.45) is 2.91. The van der Waals surface area contributed by atoms with Crippen LogP contribution in [0.3, 0.4) is 0 Å². The Hall–Kier alpha value is -2.15. The zero-order valence-corrected chi connectivity index (χ0v) is 13.8. The van der Waals surface area contributed by atoms with E-state index in [-0.39, 0.29) is 5.15 Å². The van der Waals surface area contributed by atoms with Crippen molar-refractivity contribution in [2.24, 2.45) is 0 Å². The van der Waals surface area contributed by atoms with Gasteiger partial charge in [0, 0.05) is 11.6 Å². The highest BCUT2D eigenvalue weighted by molar-refractivity contribution is 6.29. The van der Waals surface area contributed by atoms with Gasteiger partial charge in [-0.05, 0) is 33.6 Å². The zero-order chi connectivity index (χ0) is 16.8. The number of halogens is 1. The minimum atomic E-state index is -0.785.